The van der Waals surface area contributed by atoms with E-state index in [-0.39, 0.29) is 0 Å². The Kier molecular flexibility index (Phi) is 3.37. The van der Waals surface area contributed by atoms with Crippen molar-refractivity contribution >= 4 is 21.6 Å². The van der Waals surface area contributed by atoms with Crippen molar-refractivity contribution < 1.29 is 0 Å². The maximum atomic E-state index is 4.31. The van der Waals surface area contributed by atoms with E-state index in [2.05, 4.69) is 31.9 Å². The van der Waals surface area contributed by atoms with Crippen LogP contribution in [-0.4, -0.2) is 17.6 Å². The molecule has 2 nitrogen and oxygen atoms in total. The Morgan fingerprint density at radius 1 is 1.12 bits per heavy atom. The van der Waals surface area contributed by atoms with Gasteiger partial charge in [0, 0.05) is 23.3 Å². The number of hydrogen-bond donors (Lipinski definition) is 0. The summed E-state index contributed by atoms with van der Waals surface area (Å²) in [4.78, 5) is 6.91. The number of halogens is 1. The van der Waals surface area contributed by atoms with Gasteiger partial charge in [0.1, 0.15) is 0 Å². The predicted octanol–water partition coefficient (Wildman–Crippen LogP) is 4.00. The summed E-state index contributed by atoms with van der Waals surface area (Å²) in [5, 5.41) is 0. The molecule has 0 spiro atoms. The highest BCUT2D eigenvalue weighted by atomic mass is 79.9. The average Bonchev–Trinajstić information content (AvgIpc) is 2.38. The lowest BCUT2D eigenvalue weighted by atomic mass is 9.78. The highest BCUT2D eigenvalue weighted by Crippen LogP contribution is 2.37. The molecule has 0 radical (unpaired) electrons. The van der Waals surface area contributed by atoms with Gasteiger partial charge in [0.15, 0.2) is 0 Å². The molecule has 0 N–H and O–H groups in total. The van der Waals surface area contributed by atoms with Crippen molar-refractivity contribution in [2.24, 2.45) is 5.92 Å². The Hall–Kier alpha value is -0.570. The van der Waals surface area contributed by atoms with E-state index < -0.39 is 0 Å². The number of fused-ring (bicyclic) bond motifs is 1. The number of nitrogens with zero attached hydrogens (tertiary/aromatic N) is 2. The molecule has 1 aliphatic heterocycles. The Morgan fingerprint density at radius 3 is 2.82 bits per heavy atom. The first-order chi connectivity index (χ1) is 8.34. The quantitative estimate of drug-likeness (QED) is 0.778. The molecule has 0 amide bonds. The number of anilines is 1. The zero-order valence-corrected chi connectivity index (χ0v) is 11.7. The monoisotopic (exact) mass is 294 g/mol. The summed E-state index contributed by atoms with van der Waals surface area (Å²) in [5.41, 5.74) is 1.30. The fraction of sp³-hybridized carbons (Fsp3) is 0.643. The van der Waals surface area contributed by atoms with E-state index in [0.717, 1.165) is 16.4 Å². The summed E-state index contributed by atoms with van der Waals surface area (Å²) < 4.78 is 1.09. The molecule has 3 heteroatoms. The van der Waals surface area contributed by atoms with Gasteiger partial charge in [-0.1, -0.05) is 12.8 Å². The van der Waals surface area contributed by atoms with Gasteiger partial charge in [-0.25, -0.2) is 0 Å². The third-order valence-corrected chi connectivity index (χ3v) is 4.70. The number of pyridine rings is 1. The maximum Gasteiger partial charge on any atom is 0.0566 e. The number of piperidine rings is 1. The highest BCUT2D eigenvalue weighted by Gasteiger charge is 2.33. The molecular weight excluding hydrogens is 276 g/mol. The van der Waals surface area contributed by atoms with Crippen molar-refractivity contribution in [2.75, 3.05) is 11.4 Å². The second kappa shape index (κ2) is 4.97. The lowest BCUT2D eigenvalue weighted by Crippen LogP contribution is -2.46. The molecule has 2 heterocycles. The van der Waals surface area contributed by atoms with Gasteiger partial charge in [-0.15, -0.1) is 0 Å². The summed E-state index contributed by atoms with van der Waals surface area (Å²) in [6.45, 7) is 1.21. The Bertz CT molecular complexity index is 392. The third-order valence-electron chi connectivity index (χ3n) is 4.27. The summed E-state index contributed by atoms with van der Waals surface area (Å²) in [6.07, 6.45) is 12.3. The Balaban J connectivity index is 1.85. The zero-order chi connectivity index (χ0) is 11.7. The number of aromatic nitrogens is 1. The highest BCUT2D eigenvalue weighted by molar-refractivity contribution is 9.10. The molecule has 2 atom stereocenters. The van der Waals surface area contributed by atoms with Crippen molar-refractivity contribution in [3.63, 3.8) is 0 Å². The molecule has 2 aliphatic rings. The summed E-state index contributed by atoms with van der Waals surface area (Å²) >= 11 is 3.53. The normalized spacial score (nSPS) is 28.9. The van der Waals surface area contributed by atoms with Crippen LogP contribution in [0.2, 0.25) is 0 Å². The van der Waals surface area contributed by atoms with Crippen LogP contribution in [0.5, 0.6) is 0 Å². The molecule has 0 bridgehead atoms. The second-order valence-electron chi connectivity index (χ2n) is 5.31. The van der Waals surface area contributed by atoms with Crippen LogP contribution < -0.4 is 4.90 Å². The lowest BCUT2D eigenvalue weighted by Gasteiger charge is -2.45. The third kappa shape index (κ3) is 2.35. The first kappa shape index (κ1) is 11.5. The molecule has 2 fully saturated rings. The van der Waals surface area contributed by atoms with E-state index in [1.807, 2.05) is 12.4 Å². The van der Waals surface area contributed by atoms with E-state index in [9.17, 15) is 0 Å². The van der Waals surface area contributed by atoms with Gasteiger partial charge in [-0.05, 0) is 53.6 Å². The molecule has 2 unspecified atom stereocenters. The smallest absolute Gasteiger partial charge is 0.0566 e. The summed E-state index contributed by atoms with van der Waals surface area (Å²) in [5.74, 6) is 0.927. The average molecular weight is 295 g/mol. The van der Waals surface area contributed by atoms with Crippen LogP contribution in [0.4, 0.5) is 5.69 Å². The first-order valence-corrected chi connectivity index (χ1v) is 7.51. The SMILES string of the molecule is Brc1cncc(N2CCCC3CCCCC32)c1. The van der Waals surface area contributed by atoms with Gasteiger partial charge in [-0.2, -0.15) is 0 Å². The van der Waals surface area contributed by atoms with E-state index >= 15 is 0 Å². The topological polar surface area (TPSA) is 16.1 Å². The van der Waals surface area contributed by atoms with Crippen LogP contribution in [0.15, 0.2) is 22.9 Å². The molecule has 17 heavy (non-hydrogen) atoms. The van der Waals surface area contributed by atoms with Crippen LogP contribution in [-0.2, 0) is 0 Å². The van der Waals surface area contributed by atoms with Gasteiger partial charge in [0.2, 0.25) is 0 Å². The molecule has 1 aromatic heterocycles. The summed E-state index contributed by atoms with van der Waals surface area (Å²) in [6, 6.07) is 2.98. The van der Waals surface area contributed by atoms with Gasteiger partial charge in [0.05, 0.1) is 11.9 Å². The maximum absolute atomic E-state index is 4.31. The summed E-state index contributed by atoms with van der Waals surface area (Å²) in [7, 11) is 0. The van der Waals surface area contributed by atoms with Crippen molar-refractivity contribution in [1.82, 2.24) is 4.98 Å². The zero-order valence-electron chi connectivity index (χ0n) is 10.1. The fourth-order valence-electron chi connectivity index (χ4n) is 3.50. The largest absolute Gasteiger partial charge is 0.367 e. The Morgan fingerprint density at radius 2 is 1.94 bits per heavy atom. The van der Waals surface area contributed by atoms with E-state index in [1.54, 1.807) is 0 Å². The minimum Gasteiger partial charge on any atom is -0.367 e. The van der Waals surface area contributed by atoms with Crippen molar-refractivity contribution in [1.29, 1.82) is 0 Å². The number of hydrogen-bond acceptors (Lipinski definition) is 2. The standard InChI is InChI=1S/C14H19BrN2/c15-12-8-13(10-16-9-12)17-7-3-5-11-4-1-2-6-14(11)17/h8-11,14H,1-7H2. The van der Waals surface area contributed by atoms with Crippen LogP contribution in [0.1, 0.15) is 38.5 Å². The van der Waals surface area contributed by atoms with Crippen molar-refractivity contribution in [2.45, 2.75) is 44.6 Å². The minimum atomic E-state index is 0.772. The van der Waals surface area contributed by atoms with Gasteiger partial charge in [-0.3, -0.25) is 4.98 Å². The fourth-order valence-corrected chi connectivity index (χ4v) is 3.86. The molecule has 1 aromatic rings. The van der Waals surface area contributed by atoms with Crippen molar-refractivity contribution in [3.05, 3.63) is 22.9 Å². The molecule has 1 saturated carbocycles. The molecule has 0 aromatic carbocycles. The number of rotatable bonds is 1. The molecule has 1 aliphatic carbocycles. The van der Waals surface area contributed by atoms with E-state index in [0.29, 0.717) is 0 Å². The minimum absolute atomic E-state index is 0.772. The van der Waals surface area contributed by atoms with Crippen LogP contribution >= 0.6 is 15.9 Å². The van der Waals surface area contributed by atoms with Crippen LogP contribution in [0.25, 0.3) is 0 Å². The van der Waals surface area contributed by atoms with Crippen LogP contribution in [0, 0.1) is 5.92 Å². The molecular formula is C14H19BrN2. The lowest BCUT2D eigenvalue weighted by molar-refractivity contribution is 0.243. The van der Waals surface area contributed by atoms with Gasteiger partial charge < -0.3 is 4.90 Å². The van der Waals surface area contributed by atoms with E-state index in [1.165, 1.54) is 50.8 Å². The molecule has 3 rings (SSSR count). The van der Waals surface area contributed by atoms with E-state index in [4.69, 9.17) is 0 Å². The van der Waals surface area contributed by atoms with Crippen molar-refractivity contribution in [3.8, 4) is 0 Å². The van der Waals surface area contributed by atoms with Gasteiger partial charge in [0.25, 0.3) is 0 Å². The predicted molar refractivity (Wildman–Crippen MR) is 74.3 cm³/mol. The molecule has 92 valence electrons. The Labute approximate surface area is 112 Å². The van der Waals surface area contributed by atoms with Gasteiger partial charge >= 0.3 is 0 Å². The first-order valence-electron chi connectivity index (χ1n) is 6.72. The molecule has 1 saturated heterocycles. The van der Waals surface area contributed by atoms with Crippen LogP contribution in [0.3, 0.4) is 0 Å². The second-order valence-corrected chi connectivity index (χ2v) is 6.22.